The smallest absolute Gasteiger partial charge is 0.259 e. The monoisotopic (exact) mass is 390 g/mol. The first-order valence-corrected chi connectivity index (χ1v) is 9.93. The highest BCUT2D eigenvalue weighted by Gasteiger charge is 2.41. The summed E-state index contributed by atoms with van der Waals surface area (Å²) >= 11 is 1.55. The van der Waals surface area contributed by atoms with Gasteiger partial charge in [-0.25, -0.2) is 4.98 Å². The zero-order valence-corrected chi connectivity index (χ0v) is 16.1. The van der Waals surface area contributed by atoms with E-state index in [9.17, 15) is 0 Å². The minimum atomic E-state index is -0.384. The van der Waals surface area contributed by atoms with E-state index in [2.05, 4.69) is 32.0 Å². The Bertz CT molecular complexity index is 1120. The lowest BCUT2D eigenvalue weighted by molar-refractivity contribution is 0.378. The molecule has 0 saturated heterocycles. The van der Waals surface area contributed by atoms with Crippen LogP contribution in [0.1, 0.15) is 36.2 Å². The Balaban J connectivity index is 1.47. The number of pyridine rings is 2. The fraction of sp³-hybridized carbons (Fsp3) is 0.250. The van der Waals surface area contributed by atoms with Gasteiger partial charge in [-0.1, -0.05) is 11.2 Å². The number of aromatic nitrogens is 5. The van der Waals surface area contributed by atoms with Crippen molar-refractivity contribution in [2.24, 2.45) is 0 Å². The third-order valence-electron chi connectivity index (χ3n) is 5.17. The molecule has 1 aliphatic carbocycles. The third-order valence-corrected chi connectivity index (χ3v) is 6.12. The molecule has 0 bridgehead atoms. The summed E-state index contributed by atoms with van der Waals surface area (Å²) in [5.41, 5.74) is 8.94. The molecule has 0 aliphatic heterocycles. The molecule has 28 heavy (non-hydrogen) atoms. The van der Waals surface area contributed by atoms with Crippen molar-refractivity contribution in [2.45, 2.75) is 31.6 Å². The van der Waals surface area contributed by atoms with Gasteiger partial charge in [0.05, 0.1) is 28.1 Å². The SMILES string of the molecule is CC1(c2noc(-c3ccc(-c4ccccn4)nc3)n2)CCCc2sc(N)nc21. The van der Waals surface area contributed by atoms with Crippen molar-refractivity contribution in [3.63, 3.8) is 0 Å². The first-order chi connectivity index (χ1) is 13.6. The molecule has 1 aliphatic rings. The number of nitrogens with zero attached hydrogens (tertiary/aromatic N) is 5. The Morgan fingerprint density at radius 1 is 1.11 bits per heavy atom. The second-order valence-electron chi connectivity index (χ2n) is 7.08. The first-order valence-electron chi connectivity index (χ1n) is 9.11. The van der Waals surface area contributed by atoms with E-state index in [4.69, 9.17) is 10.3 Å². The summed E-state index contributed by atoms with van der Waals surface area (Å²) in [4.78, 5) is 19.3. The quantitative estimate of drug-likeness (QED) is 0.566. The maximum absolute atomic E-state index is 5.95. The van der Waals surface area contributed by atoms with E-state index in [0.29, 0.717) is 16.8 Å². The van der Waals surface area contributed by atoms with Crippen molar-refractivity contribution in [3.05, 3.63) is 59.1 Å². The average molecular weight is 390 g/mol. The second kappa shape index (κ2) is 6.49. The zero-order chi connectivity index (χ0) is 19.1. The number of hydrogen-bond donors (Lipinski definition) is 1. The highest BCUT2D eigenvalue weighted by atomic mass is 32.1. The third kappa shape index (κ3) is 2.77. The van der Waals surface area contributed by atoms with Crippen molar-refractivity contribution in [2.75, 3.05) is 5.73 Å². The molecule has 4 aromatic rings. The predicted molar refractivity (Wildman–Crippen MR) is 107 cm³/mol. The lowest BCUT2D eigenvalue weighted by atomic mass is 9.76. The second-order valence-corrected chi connectivity index (χ2v) is 8.19. The van der Waals surface area contributed by atoms with Gasteiger partial charge in [0.25, 0.3) is 5.89 Å². The normalized spacial score (nSPS) is 18.8. The summed E-state index contributed by atoms with van der Waals surface area (Å²) in [7, 11) is 0. The number of hydrogen-bond acceptors (Lipinski definition) is 8. The molecular weight excluding hydrogens is 372 g/mol. The molecule has 0 saturated carbocycles. The van der Waals surface area contributed by atoms with E-state index >= 15 is 0 Å². The molecule has 0 spiro atoms. The van der Waals surface area contributed by atoms with E-state index in [1.165, 1.54) is 4.88 Å². The Hall–Kier alpha value is -3.13. The van der Waals surface area contributed by atoms with Crippen molar-refractivity contribution in [1.29, 1.82) is 0 Å². The van der Waals surface area contributed by atoms with Gasteiger partial charge < -0.3 is 10.3 Å². The molecular formula is C20H18N6OS. The van der Waals surface area contributed by atoms with E-state index in [0.717, 1.165) is 41.9 Å². The first kappa shape index (κ1) is 17.0. The van der Waals surface area contributed by atoms with Gasteiger partial charge >= 0.3 is 0 Å². The summed E-state index contributed by atoms with van der Waals surface area (Å²) in [5.74, 6) is 1.09. The molecule has 0 amide bonds. The average Bonchev–Trinajstić information content (AvgIpc) is 3.37. The number of fused-ring (bicyclic) bond motifs is 1. The molecule has 7 nitrogen and oxygen atoms in total. The van der Waals surface area contributed by atoms with Crippen LogP contribution in [0.2, 0.25) is 0 Å². The maximum atomic E-state index is 5.95. The van der Waals surface area contributed by atoms with Crippen molar-refractivity contribution in [1.82, 2.24) is 25.1 Å². The predicted octanol–water partition coefficient (Wildman–Crippen LogP) is 3.87. The lowest BCUT2D eigenvalue weighted by Crippen LogP contribution is -2.30. The molecule has 0 radical (unpaired) electrons. The van der Waals surface area contributed by atoms with E-state index < -0.39 is 0 Å². The standard InChI is InChI=1S/C20H18N6OS/c1-20(9-4-6-15-16(20)24-19(21)28-15)18-25-17(27-26-18)12-7-8-14(23-11-12)13-5-2-3-10-22-13/h2-3,5,7-8,10-11H,4,6,9H2,1H3,(H2,21,24). The molecule has 0 fully saturated rings. The molecule has 0 aromatic carbocycles. The largest absolute Gasteiger partial charge is 0.375 e. The van der Waals surface area contributed by atoms with Crippen molar-refractivity contribution < 1.29 is 4.52 Å². The highest BCUT2D eigenvalue weighted by molar-refractivity contribution is 7.15. The van der Waals surface area contributed by atoms with E-state index in [-0.39, 0.29) is 5.41 Å². The van der Waals surface area contributed by atoms with Gasteiger partial charge in [0, 0.05) is 17.3 Å². The van der Waals surface area contributed by atoms with Crippen LogP contribution in [0.4, 0.5) is 5.13 Å². The Morgan fingerprint density at radius 3 is 2.79 bits per heavy atom. The maximum Gasteiger partial charge on any atom is 0.259 e. The van der Waals surface area contributed by atoms with Gasteiger partial charge in [-0.05, 0) is 50.5 Å². The van der Waals surface area contributed by atoms with Gasteiger partial charge in [0.1, 0.15) is 0 Å². The lowest BCUT2D eigenvalue weighted by Gasteiger charge is -2.29. The van der Waals surface area contributed by atoms with Crippen molar-refractivity contribution >= 4 is 16.5 Å². The molecule has 5 rings (SSSR count). The molecule has 140 valence electrons. The minimum absolute atomic E-state index is 0.384. The highest BCUT2D eigenvalue weighted by Crippen LogP contribution is 2.43. The Kier molecular flexibility index (Phi) is 3.94. The van der Waals surface area contributed by atoms with Crippen LogP contribution in [0.5, 0.6) is 0 Å². The molecule has 4 aromatic heterocycles. The number of nitrogens with two attached hydrogens (primary N) is 1. The fourth-order valence-corrected chi connectivity index (χ4v) is 4.66. The number of rotatable bonds is 3. The number of nitrogen functional groups attached to an aromatic ring is 1. The van der Waals surface area contributed by atoms with Crippen LogP contribution in [-0.2, 0) is 11.8 Å². The van der Waals surface area contributed by atoms with Crippen molar-refractivity contribution in [3.8, 4) is 22.8 Å². The van der Waals surface area contributed by atoms with Crippen LogP contribution >= 0.6 is 11.3 Å². The van der Waals surface area contributed by atoms with Gasteiger partial charge in [-0.2, -0.15) is 4.98 Å². The van der Waals surface area contributed by atoms with Crippen LogP contribution in [-0.4, -0.2) is 25.1 Å². The summed E-state index contributed by atoms with van der Waals surface area (Å²) in [6.45, 7) is 2.11. The molecule has 1 atom stereocenters. The topological polar surface area (TPSA) is 104 Å². The number of anilines is 1. The molecule has 2 N–H and O–H groups in total. The van der Waals surface area contributed by atoms with Crippen LogP contribution < -0.4 is 5.73 Å². The fourth-order valence-electron chi connectivity index (χ4n) is 3.66. The van der Waals surface area contributed by atoms with Crippen LogP contribution in [0, 0.1) is 0 Å². The van der Waals surface area contributed by atoms with Crippen LogP contribution in [0.15, 0.2) is 47.2 Å². The van der Waals surface area contributed by atoms with Gasteiger partial charge in [-0.15, -0.1) is 11.3 Å². The summed E-state index contributed by atoms with van der Waals surface area (Å²) in [6, 6.07) is 9.57. The molecule has 1 unspecified atom stereocenters. The summed E-state index contributed by atoms with van der Waals surface area (Å²) in [5, 5.41) is 4.87. The van der Waals surface area contributed by atoms with E-state index in [1.54, 1.807) is 23.7 Å². The van der Waals surface area contributed by atoms with Gasteiger partial charge in [-0.3, -0.25) is 9.97 Å². The van der Waals surface area contributed by atoms with Crippen LogP contribution in [0.3, 0.4) is 0 Å². The number of thiazole rings is 1. The molecule has 4 heterocycles. The van der Waals surface area contributed by atoms with Crippen LogP contribution in [0.25, 0.3) is 22.8 Å². The number of aryl methyl sites for hydroxylation is 1. The summed E-state index contributed by atoms with van der Waals surface area (Å²) < 4.78 is 5.56. The summed E-state index contributed by atoms with van der Waals surface area (Å²) in [6.07, 6.45) is 6.45. The zero-order valence-electron chi connectivity index (χ0n) is 15.3. The van der Waals surface area contributed by atoms with E-state index in [1.807, 2.05) is 30.3 Å². The Labute approximate surface area is 165 Å². The van der Waals surface area contributed by atoms with Gasteiger partial charge in [0.15, 0.2) is 11.0 Å². The van der Waals surface area contributed by atoms with Gasteiger partial charge in [0.2, 0.25) is 0 Å². The Morgan fingerprint density at radius 2 is 2.00 bits per heavy atom. The molecule has 8 heteroatoms. The minimum Gasteiger partial charge on any atom is -0.375 e.